The van der Waals surface area contributed by atoms with Crippen molar-refractivity contribution in [2.24, 2.45) is 0 Å². The Kier molecular flexibility index (Phi) is 3.79. The lowest BCUT2D eigenvalue weighted by molar-refractivity contribution is 0.888. The van der Waals surface area contributed by atoms with E-state index in [-0.39, 0.29) is 0 Å². The van der Waals surface area contributed by atoms with E-state index in [1.54, 1.807) is 0 Å². The zero-order chi connectivity index (χ0) is 8.43. The van der Waals surface area contributed by atoms with Crippen LogP contribution in [0.5, 0.6) is 0 Å². The molecule has 0 amide bonds. The molecule has 1 rings (SSSR count). The largest absolute Gasteiger partial charge is 0.109 e. The van der Waals surface area contributed by atoms with Crippen LogP contribution in [0.25, 0.3) is 0 Å². The molecular weight excluding hydrogens is 170 g/mol. The number of hydrogen-bond donors (Lipinski definition) is 0. The molecule has 1 aliphatic rings. The van der Waals surface area contributed by atoms with Gasteiger partial charge in [-0.05, 0) is 50.8 Å². The molecule has 2 unspecified atom stereocenters. The summed E-state index contributed by atoms with van der Waals surface area (Å²) in [6.45, 7) is 9.82. The van der Waals surface area contributed by atoms with Crippen molar-refractivity contribution in [3.05, 3.63) is 0 Å². The van der Waals surface area contributed by atoms with Gasteiger partial charge < -0.3 is 0 Å². The van der Waals surface area contributed by atoms with E-state index in [2.05, 4.69) is 26.7 Å². The lowest BCUT2D eigenvalue weighted by Gasteiger charge is -2.26. The third-order valence-electron chi connectivity index (χ3n) is 2.77. The fourth-order valence-electron chi connectivity index (χ4n) is 2.13. The average molecular weight is 190 g/mol. The first-order valence-electron chi connectivity index (χ1n) is 4.46. The Hall–Kier alpha value is 0.860. The first-order valence-corrected chi connectivity index (χ1v) is 9.07. The fraction of sp³-hybridized carbons (Fsp3) is 1.00. The maximum atomic E-state index is 2.46. The second kappa shape index (κ2) is 4.20. The van der Waals surface area contributed by atoms with Gasteiger partial charge in [-0.2, -0.15) is 0 Å². The van der Waals surface area contributed by atoms with Gasteiger partial charge in [0.05, 0.1) is 0 Å². The standard InChI is InChI=1S/C9H20P2/c1-10(2)8-6-5-7-9(8)11(3)4/h8-9H,5-7H2,1-4H3. The van der Waals surface area contributed by atoms with Gasteiger partial charge in [-0.25, -0.2) is 0 Å². The molecule has 66 valence electrons. The summed E-state index contributed by atoms with van der Waals surface area (Å²) in [6, 6.07) is 0. The summed E-state index contributed by atoms with van der Waals surface area (Å²) in [6.07, 6.45) is 4.57. The summed E-state index contributed by atoms with van der Waals surface area (Å²) in [4.78, 5) is 0. The minimum absolute atomic E-state index is 0.343. The van der Waals surface area contributed by atoms with Crippen LogP contribution in [-0.4, -0.2) is 38.0 Å². The predicted octanol–water partition coefficient (Wildman–Crippen LogP) is 3.39. The zero-order valence-corrected chi connectivity index (χ0v) is 9.96. The Morgan fingerprint density at radius 1 is 0.818 bits per heavy atom. The van der Waals surface area contributed by atoms with E-state index in [1.807, 2.05) is 0 Å². The molecule has 0 saturated heterocycles. The van der Waals surface area contributed by atoms with Crippen LogP contribution in [0.4, 0.5) is 0 Å². The maximum absolute atomic E-state index is 2.46. The SMILES string of the molecule is CP(C)C1CCCC1P(C)C. The molecule has 0 aromatic rings. The molecule has 1 fully saturated rings. The summed E-state index contributed by atoms with van der Waals surface area (Å²) >= 11 is 0. The van der Waals surface area contributed by atoms with Crippen molar-refractivity contribution in [1.82, 2.24) is 0 Å². The van der Waals surface area contributed by atoms with Crippen LogP contribution >= 0.6 is 15.8 Å². The predicted molar refractivity (Wildman–Crippen MR) is 59.0 cm³/mol. The molecule has 0 radical (unpaired) electrons. The second-order valence-electron chi connectivity index (χ2n) is 3.99. The number of hydrogen-bond acceptors (Lipinski definition) is 0. The van der Waals surface area contributed by atoms with Crippen LogP contribution in [0.3, 0.4) is 0 Å². The molecule has 0 aliphatic heterocycles. The van der Waals surface area contributed by atoms with Crippen LogP contribution < -0.4 is 0 Å². The first kappa shape index (κ1) is 9.94. The van der Waals surface area contributed by atoms with E-state index >= 15 is 0 Å². The van der Waals surface area contributed by atoms with Crippen molar-refractivity contribution in [3.63, 3.8) is 0 Å². The zero-order valence-electron chi connectivity index (χ0n) is 8.17. The Bertz CT molecular complexity index is 107. The van der Waals surface area contributed by atoms with Crippen LogP contribution in [0.15, 0.2) is 0 Å². The molecule has 11 heavy (non-hydrogen) atoms. The van der Waals surface area contributed by atoms with Crippen molar-refractivity contribution in [2.75, 3.05) is 26.7 Å². The smallest absolute Gasteiger partial charge is 0.0147 e. The molecule has 1 aliphatic carbocycles. The summed E-state index contributed by atoms with van der Waals surface area (Å²) in [7, 11) is 0.686. The lowest BCUT2D eigenvalue weighted by atomic mass is 10.4. The third kappa shape index (κ3) is 2.40. The van der Waals surface area contributed by atoms with Crippen molar-refractivity contribution >= 4 is 15.8 Å². The van der Waals surface area contributed by atoms with Crippen LogP contribution in [0.1, 0.15) is 19.3 Å². The van der Waals surface area contributed by atoms with Gasteiger partial charge in [0.2, 0.25) is 0 Å². The molecular formula is C9H20P2. The Labute approximate surface area is 73.7 Å². The van der Waals surface area contributed by atoms with Crippen LogP contribution in [-0.2, 0) is 0 Å². The van der Waals surface area contributed by atoms with Crippen molar-refractivity contribution in [1.29, 1.82) is 0 Å². The monoisotopic (exact) mass is 190 g/mol. The normalized spacial score (nSPS) is 32.2. The average Bonchev–Trinajstić information content (AvgIpc) is 2.32. The van der Waals surface area contributed by atoms with E-state index < -0.39 is 0 Å². The molecule has 0 bridgehead atoms. The highest BCUT2D eigenvalue weighted by atomic mass is 31.1. The molecule has 0 aromatic heterocycles. The summed E-state index contributed by atoms with van der Waals surface area (Å²) in [5.74, 6) is 0. The quantitative estimate of drug-likeness (QED) is 0.585. The van der Waals surface area contributed by atoms with E-state index in [1.165, 1.54) is 19.3 Å². The highest BCUT2D eigenvalue weighted by Crippen LogP contribution is 2.53. The summed E-state index contributed by atoms with van der Waals surface area (Å²) < 4.78 is 0. The van der Waals surface area contributed by atoms with Gasteiger partial charge >= 0.3 is 0 Å². The van der Waals surface area contributed by atoms with Gasteiger partial charge in [0.25, 0.3) is 0 Å². The van der Waals surface area contributed by atoms with E-state index in [0.717, 1.165) is 11.3 Å². The lowest BCUT2D eigenvalue weighted by Crippen LogP contribution is -2.15. The maximum Gasteiger partial charge on any atom is -0.0147 e. The van der Waals surface area contributed by atoms with Gasteiger partial charge in [-0.3, -0.25) is 0 Å². The second-order valence-corrected chi connectivity index (χ2v) is 9.17. The van der Waals surface area contributed by atoms with Gasteiger partial charge in [0, 0.05) is 0 Å². The van der Waals surface area contributed by atoms with Gasteiger partial charge in [0.15, 0.2) is 0 Å². The summed E-state index contributed by atoms with van der Waals surface area (Å²) in [5.41, 5.74) is 2.23. The third-order valence-corrected chi connectivity index (χ3v) is 6.90. The molecule has 0 N–H and O–H groups in total. The van der Waals surface area contributed by atoms with E-state index in [0.29, 0.717) is 15.8 Å². The molecule has 1 saturated carbocycles. The Balaban J connectivity index is 2.51. The van der Waals surface area contributed by atoms with Crippen molar-refractivity contribution in [2.45, 2.75) is 30.6 Å². The Morgan fingerprint density at radius 2 is 1.18 bits per heavy atom. The number of rotatable bonds is 2. The molecule has 2 atom stereocenters. The van der Waals surface area contributed by atoms with E-state index in [4.69, 9.17) is 0 Å². The van der Waals surface area contributed by atoms with Gasteiger partial charge in [0.1, 0.15) is 0 Å². The van der Waals surface area contributed by atoms with Crippen LogP contribution in [0.2, 0.25) is 0 Å². The van der Waals surface area contributed by atoms with Gasteiger partial charge in [-0.1, -0.05) is 6.42 Å². The van der Waals surface area contributed by atoms with Crippen molar-refractivity contribution in [3.8, 4) is 0 Å². The molecule has 0 spiro atoms. The minimum Gasteiger partial charge on any atom is -0.109 e. The molecule has 2 heteroatoms. The summed E-state index contributed by atoms with van der Waals surface area (Å²) in [5, 5.41) is 0. The topological polar surface area (TPSA) is 0 Å². The molecule has 0 heterocycles. The molecule has 0 nitrogen and oxygen atoms in total. The Morgan fingerprint density at radius 3 is 1.45 bits per heavy atom. The highest BCUT2D eigenvalue weighted by Gasteiger charge is 2.30. The van der Waals surface area contributed by atoms with Crippen LogP contribution in [0, 0.1) is 0 Å². The van der Waals surface area contributed by atoms with E-state index in [9.17, 15) is 0 Å². The minimum atomic E-state index is 0.343. The van der Waals surface area contributed by atoms with Gasteiger partial charge in [-0.15, -0.1) is 15.8 Å². The highest BCUT2D eigenvalue weighted by molar-refractivity contribution is 7.61. The van der Waals surface area contributed by atoms with Crippen molar-refractivity contribution < 1.29 is 0 Å². The first-order chi connectivity index (χ1) is 5.13. The molecule has 0 aromatic carbocycles. The fourth-order valence-corrected chi connectivity index (χ4v) is 6.80.